The summed E-state index contributed by atoms with van der Waals surface area (Å²) in [5, 5.41) is 4.01. The maximum absolute atomic E-state index is 13.5. The van der Waals surface area contributed by atoms with Gasteiger partial charge in [-0.3, -0.25) is 4.79 Å². The highest BCUT2D eigenvalue weighted by Crippen LogP contribution is 2.44. The number of carbonyl (C=O) groups excluding carboxylic acids is 2. The van der Waals surface area contributed by atoms with E-state index in [0.29, 0.717) is 34.3 Å². The van der Waals surface area contributed by atoms with Crippen LogP contribution >= 0.6 is 23.2 Å². The van der Waals surface area contributed by atoms with Crippen LogP contribution in [0.15, 0.2) is 36.4 Å². The first-order chi connectivity index (χ1) is 14.4. The van der Waals surface area contributed by atoms with Gasteiger partial charge in [-0.1, -0.05) is 48.5 Å². The number of methoxy groups -OCH3 is 1. The summed E-state index contributed by atoms with van der Waals surface area (Å²) < 4.78 is 10.4. The van der Waals surface area contributed by atoms with Crippen molar-refractivity contribution in [3.05, 3.63) is 57.6 Å². The standard InChI is InChI=1S/C23H25Cl2NO4/c1-3-30-21(27)17-14-16(8-10-20(17)29-2)26-22(28)23(11-5-4-6-12-23)18-9-7-15(24)13-19(18)25/h7-10,13-14H,3-6,11-12H2,1-2H3,(H,26,28). The fraction of sp³-hybridized carbons (Fsp3) is 0.391. The van der Waals surface area contributed by atoms with Crippen LogP contribution in [0.4, 0.5) is 5.69 Å². The molecule has 30 heavy (non-hydrogen) atoms. The molecule has 0 bridgehead atoms. The molecule has 0 saturated heterocycles. The normalized spacial score (nSPS) is 15.3. The zero-order valence-corrected chi connectivity index (χ0v) is 18.6. The van der Waals surface area contributed by atoms with Crippen molar-refractivity contribution in [1.82, 2.24) is 0 Å². The number of hydrogen-bond donors (Lipinski definition) is 1. The lowest BCUT2D eigenvalue weighted by Gasteiger charge is -2.37. The van der Waals surface area contributed by atoms with Crippen molar-refractivity contribution >= 4 is 40.8 Å². The lowest BCUT2D eigenvalue weighted by molar-refractivity contribution is -0.122. The molecule has 7 heteroatoms. The molecule has 2 aromatic rings. The second kappa shape index (κ2) is 9.71. The minimum absolute atomic E-state index is 0.147. The number of carbonyl (C=O) groups is 2. The molecule has 160 valence electrons. The lowest BCUT2D eigenvalue weighted by atomic mass is 9.68. The van der Waals surface area contributed by atoms with Gasteiger partial charge in [-0.05, 0) is 55.7 Å². The van der Waals surface area contributed by atoms with Crippen molar-refractivity contribution in [2.45, 2.75) is 44.4 Å². The van der Waals surface area contributed by atoms with Crippen LogP contribution in [-0.2, 0) is 14.9 Å². The molecule has 0 unspecified atom stereocenters. The molecule has 1 aliphatic rings. The van der Waals surface area contributed by atoms with Gasteiger partial charge in [-0.2, -0.15) is 0 Å². The fourth-order valence-electron chi connectivity index (χ4n) is 4.06. The summed E-state index contributed by atoms with van der Waals surface area (Å²) in [6.45, 7) is 1.98. The van der Waals surface area contributed by atoms with Gasteiger partial charge in [-0.15, -0.1) is 0 Å². The average molecular weight is 450 g/mol. The lowest BCUT2D eigenvalue weighted by Crippen LogP contribution is -2.42. The largest absolute Gasteiger partial charge is 0.496 e. The minimum atomic E-state index is -0.746. The Balaban J connectivity index is 1.95. The van der Waals surface area contributed by atoms with Gasteiger partial charge in [0.1, 0.15) is 11.3 Å². The quantitative estimate of drug-likeness (QED) is 0.547. The zero-order chi connectivity index (χ0) is 21.7. The summed E-state index contributed by atoms with van der Waals surface area (Å²) in [4.78, 5) is 25.8. The summed E-state index contributed by atoms with van der Waals surface area (Å²) in [5.41, 5.74) is 0.798. The Bertz CT molecular complexity index is 939. The number of benzene rings is 2. The molecule has 1 saturated carbocycles. The topological polar surface area (TPSA) is 64.6 Å². The number of ether oxygens (including phenoxy) is 2. The Hall–Kier alpha value is -2.24. The Labute approximate surface area is 186 Å². The molecular formula is C23H25Cl2NO4. The highest BCUT2D eigenvalue weighted by atomic mass is 35.5. The molecule has 0 aromatic heterocycles. The number of esters is 1. The van der Waals surface area contributed by atoms with Gasteiger partial charge in [0.15, 0.2) is 0 Å². The molecule has 1 amide bonds. The first-order valence-electron chi connectivity index (χ1n) is 10.0. The van der Waals surface area contributed by atoms with Gasteiger partial charge >= 0.3 is 5.97 Å². The van der Waals surface area contributed by atoms with Crippen molar-refractivity contribution in [3.8, 4) is 5.75 Å². The number of anilines is 1. The third kappa shape index (κ3) is 4.57. The van der Waals surface area contributed by atoms with Crippen molar-refractivity contribution in [2.24, 2.45) is 0 Å². The SMILES string of the molecule is CCOC(=O)c1cc(NC(=O)C2(c3ccc(Cl)cc3Cl)CCCCC2)ccc1OC. The highest BCUT2D eigenvalue weighted by molar-refractivity contribution is 6.35. The number of amides is 1. The van der Waals surface area contributed by atoms with Crippen LogP contribution < -0.4 is 10.1 Å². The molecule has 0 atom stereocenters. The third-order valence-corrected chi connectivity index (χ3v) is 6.09. The van der Waals surface area contributed by atoms with Crippen LogP contribution in [-0.4, -0.2) is 25.6 Å². The monoisotopic (exact) mass is 449 g/mol. The van der Waals surface area contributed by atoms with Crippen LogP contribution in [0.5, 0.6) is 5.75 Å². The predicted octanol–water partition coefficient (Wildman–Crippen LogP) is 6.02. The average Bonchev–Trinajstić information content (AvgIpc) is 2.74. The molecular weight excluding hydrogens is 425 g/mol. The summed E-state index contributed by atoms with van der Waals surface area (Å²) >= 11 is 12.6. The smallest absolute Gasteiger partial charge is 0.341 e. The first kappa shape index (κ1) is 22.4. The van der Waals surface area contributed by atoms with E-state index in [4.69, 9.17) is 32.7 Å². The summed E-state index contributed by atoms with van der Waals surface area (Å²) in [5.74, 6) is -0.260. The fourth-order valence-corrected chi connectivity index (χ4v) is 4.65. The molecule has 1 fully saturated rings. The van der Waals surface area contributed by atoms with Gasteiger partial charge in [0, 0.05) is 15.7 Å². The molecule has 0 aliphatic heterocycles. The molecule has 1 aliphatic carbocycles. The second-order valence-corrected chi connectivity index (χ2v) is 8.20. The van der Waals surface area contributed by atoms with Gasteiger partial charge in [0.2, 0.25) is 5.91 Å². The summed E-state index contributed by atoms with van der Waals surface area (Å²) in [6, 6.07) is 10.2. The van der Waals surface area contributed by atoms with E-state index in [1.165, 1.54) is 7.11 Å². The van der Waals surface area contributed by atoms with E-state index >= 15 is 0 Å². The van der Waals surface area contributed by atoms with Gasteiger partial charge < -0.3 is 14.8 Å². The van der Waals surface area contributed by atoms with Gasteiger partial charge in [-0.25, -0.2) is 4.79 Å². The van der Waals surface area contributed by atoms with Crippen LogP contribution in [0.25, 0.3) is 0 Å². The number of rotatable bonds is 6. The molecule has 0 spiro atoms. The van der Waals surface area contributed by atoms with E-state index in [-0.39, 0.29) is 18.1 Å². The van der Waals surface area contributed by atoms with Gasteiger partial charge in [0.05, 0.1) is 19.1 Å². The summed E-state index contributed by atoms with van der Waals surface area (Å²) in [7, 11) is 1.48. The van der Waals surface area contributed by atoms with E-state index < -0.39 is 11.4 Å². The van der Waals surface area contributed by atoms with Crippen LogP contribution in [0, 0.1) is 0 Å². The third-order valence-electron chi connectivity index (χ3n) is 5.54. The number of halogens is 2. The molecule has 0 radical (unpaired) electrons. The van der Waals surface area contributed by atoms with E-state index in [0.717, 1.165) is 24.8 Å². The molecule has 0 heterocycles. The van der Waals surface area contributed by atoms with Crippen molar-refractivity contribution in [2.75, 3.05) is 19.0 Å². The number of nitrogens with one attached hydrogen (secondary N) is 1. The van der Waals surface area contributed by atoms with Gasteiger partial charge in [0.25, 0.3) is 0 Å². The zero-order valence-electron chi connectivity index (χ0n) is 17.1. The number of hydrogen-bond acceptors (Lipinski definition) is 4. The maximum atomic E-state index is 13.5. The molecule has 3 rings (SSSR count). The Kier molecular flexibility index (Phi) is 7.27. The van der Waals surface area contributed by atoms with Crippen LogP contribution in [0.2, 0.25) is 10.0 Å². The van der Waals surface area contributed by atoms with E-state index in [1.807, 2.05) is 6.07 Å². The minimum Gasteiger partial charge on any atom is -0.496 e. The van der Waals surface area contributed by atoms with E-state index in [9.17, 15) is 9.59 Å². The maximum Gasteiger partial charge on any atom is 0.341 e. The Morgan fingerprint density at radius 1 is 1.07 bits per heavy atom. The first-order valence-corrected chi connectivity index (χ1v) is 10.8. The molecule has 5 nitrogen and oxygen atoms in total. The predicted molar refractivity (Wildman–Crippen MR) is 119 cm³/mol. The van der Waals surface area contributed by atoms with Crippen molar-refractivity contribution < 1.29 is 19.1 Å². The Morgan fingerprint density at radius 3 is 2.43 bits per heavy atom. The van der Waals surface area contributed by atoms with E-state index in [1.54, 1.807) is 37.3 Å². The molecule has 2 aromatic carbocycles. The van der Waals surface area contributed by atoms with Crippen LogP contribution in [0.1, 0.15) is 54.9 Å². The second-order valence-electron chi connectivity index (χ2n) is 7.36. The summed E-state index contributed by atoms with van der Waals surface area (Å²) in [6.07, 6.45) is 4.34. The van der Waals surface area contributed by atoms with Crippen molar-refractivity contribution in [3.63, 3.8) is 0 Å². The Morgan fingerprint density at radius 2 is 1.80 bits per heavy atom. The van der Waals surface area contributed by atoms with Crippen LogP contribution in [0.3, 0.4) is 0 Å². The molecule has 1 N–H and O–H groups in total. The highest BCUT2D eigenvalue weighted by Gasteiger charge is 2.42. The van der Waals surface area contributed by atoms with Crippen molar-refractivity contribution in [1.29, 1.82) is 0 Å². The van der Waals surface area contributed by atoms with E-state index in [2.05, 4.69) is 5.32 Å².